The maximum absolute atomic E-state index is 12.5. The molecule has 0 bridgehead atoms. The highest BCUT2D eigenvalue weighted by Crippen LogP contribution is 2.33. The third-order valence-corrected chi connectivity index (χ3v) is 6.15. The first-order chi connectivity index (χ1) is 13.6. The maximum atomic E-state index is 12.5. The summed E-state index contributed by atoms with van der Waals surface area (Å²) in [6.07, 6.45) is 2.62. The van der Waals surface area contributed by atoms with E-state index in [0.29, 0.717) is 11.3 Å². The van der Waals surface area contributed by atoms with Crippen molar-refractivity contribution in [3.05, 3.63) is 16.8 Å². The summed E-state index contributed by atoms with van der Waals surface area (Å²) in [4.78, 5) is 25.1. The predicted octanol–water partition coefficient (Wildman–Crippen LogP) is 1.63. The number of rotatable bonds is 9. The summed E-state index contributed by atoms with van der Waals surface area (Å²) in [5.41, 5.74) is 0.875. The van der Waals surface area contributed by atoms with Crippen molar-refractivity contribution in [1.29, 1.82) is 0 Å². The Morgan fingerprint density at radius 3 is 2.93 bits per heavy atom. The molecule has 3 N–H and O–H groups in total. The second-order valence-electron chi connectivity index (χ2n) is 6.97. The van der Waals surface area contributed by atoms with Gasteiger partial charge >= 0.3 is 0 Å². The standard InChI is InChI=1S/C19H29N5O3S/c1-3-14(25)11-21-18(26)16-13(2)15-17(22-12-23-19(15)28-16)20-5-4-6-24-7-9-27-10-8-24/h12,14,25H,3-11H2,1-2H3,(H,21,26)(H,20,22,23)/t14-/m0/s1. The fourth-order valence-corrected chi connectivity index (χ4v) is 4.26. The molecule has 0 aromatic carbocycles. The Bertz CT molecular complexity index is 791. The number of aliphatic hydroxyl groups excluding tert-OH is 1. The zero-order chi connectivity index (χ0) is 19.9. The first-order valence-corrected chi connectivity index (χ1v) is 10.7. The number of hydrogen-bond donors (Lipinski definition) is 3. The van der Waals surface area contributed by atoms with Crippen LogP contribution >= 0.6 is 11.3 Å². The number of morpholine rings is 1. The molecule has 2 aromatic rings. The van der Waals surface area contributed by atoms with Gasteiger partial charge in [-0.15, -0.1) is 11.3 Å². The maximum Gasteiger partial charge on any atom is 0.261 e. The van der Waals surface area contributed by atoms with Crippen LogP contribution < -0.4 is 10.6 Å². The summed E-state index contributed by atoms with van der Waals surface area (Å²) < 4.78 is 5.38. The molecule has 0 aliphatic carbocycles. The Balaban J connectivity index is 1.63. The molecule has 1 aliphatic heterocycles. The van der Waals surface area contributed by atoms with Crippen LogP contribution in [0.25, 0.3) is 10.2 Å². The van der Waals surface area contributed by atoms with Gasteiger partial charge < -0.3 is 20.5 Å². The summed E-state index contributed by atoms with van der Waals surface area (Å²) >= 11 is 1.36. The number of carbonyl (C=O) groups is 1. The highest BCUT2D eigenvalue weighted by molar-refractivity contribution is 7.20. The largest absolute Gasteiger partial charge is 0.391 e. The lowest BCUT2D eigenvalue weighted by Crippen LogP contribution is -2.37. The molecule has 28 heavy (non-hydrogen) atoms. The monoisotopic (exact) mass is 407 g/mol. The van der Waals surface area contributed by atoms with Gasteiger partial charge in [0.2, 0.25) is 0 Å². The molecule has 3 heterocycles. The third kappa shape index (κ3) is 5.16. The molecule has 8 nitrogen and oxygen atoms in total. The number of aliphatic hydroxyl groups is 1. The fourth-order valence-electron chi connectivity index (χ4n) is 3.19. The average Bonchev–Trinajstić information content (AvgIpc) is 3.07. The van der Waals surface area contributed by atoms with Crippen LogP contribution in [0.1, 0.15) is 35.0 Å². The van der Waals surface area contributed by atoms with E-state index in [1.807, 2.05) is 13.8 Å². The number of thiophene rings is 1. The van der Waals surface area contributed by atoms with E-state index in [0.717, 1.165) is 67.4 Å². The van der Waals surface area contributed by atoms with E-state index < -0.39 is 6.10 Å². The van der Waals surface area contributed by atoms with Gasteiger partial charge in [-0.25, -0.2) is 9.97 Å². The lowest BCUT2D eigenvalue weighted by Gasteiger charge is -2.26. The molecule has 1 amide bonds. The van der Waals surface area contributed by atoms with Gasteiger partial charge in [-0.05, 0) is 31.9 Å². The molecule has 1 fully saturated rings. The normalized spacial score (nSPS) is 16.2. The van der Waals surface area contributed by atoms with E-state index in [-0.39, 0.29) is 12.5 Å². The van der Waals surface area contributed by atoms with Crippen LogP contribution in [-0.2, 0) is 4.74 Å². The van der Waals surface area contributed by atoms with Crippen LogP contribution in [0.2, 0.25) is 0 Å². The van der Waals surface area contributed by atoms with Crippen molar-refractivity contribution < 1.29 is 14.6 Å². The molecule has 1 saturated heterocycles. The predicted molar refractivity (Wildman–Crippen MR) is 111 cm³/mol. The number of aryl methyl sites for hydroxylation is 1. The zero-order valence-electron chi connectivity index (χ0n) is 16.5. The second kappa shape index (κ2) is 10.1. The number of ether oxygens (including phenoxy) is 1. The minimum Gasteiger partial charge on any atom is -0.391 e. The first-order valence-electron chi connectivity index (χ1n) is 9.84. The van der Waals surface area contributed by atoms with Crippen molar-refractivity contribution >= 4 is 33.3 Å². The highest BCUT2D eigenvalue weighted by Gasteiger charge is 2.19. The van der Waals surface area contributed by atoms with E-state index in [1.165, 1.54) is 17.7 Å². The highest BCUT2D eigenvalue weighted by atomic mass is 32.1. The second-order valence-corrected chi connectivity index (χ2v) is 7.96. The van der Waals surface area contributed by atoms with Crippen LogP contribution in [0.4, 0.5) is 5.82 Å². The molecule has 0 radical (unpaired) electrons. The van der Waals surface area contributed by atoms with Gasteiger partial charge in [-0.1, -0.05) is 6.92 Å². The van der Waals surface area contributed by atoms with Gasteiger partial charge in [0.25, 0.3) is 5.91 Å². The summed E-state index contributed by atoms with van der Waals surface area (Å²) in [5.74, 6) is 0.597. The number of carbonyl (C=O) groups excluding carboxylic acids is 1. The Kier molecular flexibility index (Phi) is 7.55. The van der Waals surface area contributed by atoms with Crippen molar-refractivity contribution in [2.24, 2.45) is 0 Å². The van der Waals surface area contributed by atoms with E-state index in [1.54, 1.807) is 0 Å². The van der Waals surface area contributed by atoms with Gasteiger partial charge in [0.15, 0.2) is 0 Å². The molecule has 154 valence electrons. The average molecular weight is 408 g/mol. The summed E-state index contributed by atoms with van der Waals surface area (Å²) in [5, 5.41) is 16.8. The summed E-state index contributed by atoms with van der Waals surface area (Å²) in [6, 6.07) is 0. The van der Waals surface area contributed by atoms with E-state index in [4.69, 9.17) is 4.74 Å². The summed E-state index contributed by atoms with van der Waals surface area (Å²) in [7, 11) is 0. The molecule has 0 saturated carbocycles. The Labute approximate surface area is 169 Å². The number of amides is 1. The molecule has 1 aliphatic rings. The van der Waals surface area contributed by atoms with Crippen LogP contribution in [0.3, 0.4) is 0 Å². The van der Waals surface area contributed by atoms with Crippen molar-refractivity contribution in [2.45, 2.75) is 32.8 Å². The molecule has 1 atom stereocenters. The fraction of sp³-hybridized carbons (Fsp3) is 0.632. The van der Waals surface area contributed by atoms with Gasteiger partial charge in [0.1, 0.15) is 17.0 Å². The smallest absolute Gasteiger partial charge is 0.261 e. The lowest BCUT2D eigenvalue weighted by molar-refractivity contribution is 0.0378. The molecule has 9 heteroatoms. The molecule has 0 unspecified atom stereocenters. The van der Waals surface area contributed by atoms with Gasteiger partial charge in [0, 0.05) is 26.2 Å². The van der Waals surface area contributed by atoms with Crippen LogP contribution in [0, 0.1) is 6.92 Å². The zero-order valence-corrected chi connectivity index (χ0v) is 17.3. The van der Waals surface area contributed by atoms with Crippen molar-refractivity contribution in [2.75, 3.05) is 51.3 Å². The van der Waals surface area contributed by atoms with Crippen LogP contribution in [0.5, 0.6) is 0 Å². The number of hydrogen-bond acceptors (Lipinski definition) is 8. The van der Waals surface area contributed by atoms with Crippen molar-refractivity contribution in [3.8, 4) is 0 Å². The molecular weight excluding hydrogens is 378 g/mol. The van der Waals surface area contributed by atoms with Gasteiger partial charge in [0.05, 0.1) is 29.6 Å². The van der Waals surface area contributed by atoms with Crippen molar-refractivity contribution in [3.63, 3.8) is 0 Å². The quantitative estimate of drug-likeness (QED) is 0.543. The molecule has 0 spiro atoms. The van der Waals surface area contributed by atoms with Gasteiger partial charge in [-0.2, -0.15) is 0 Å². The SMILES string of the molecule is CC[C@H](O)CNC(=O)c1sc2ncnc(NCCCN3CCOCC3)c2c1C. The minimum atomic E-state index is -0.526. The Hall–Kier alpha value is -1.81. The number of aromatic nitrogens is 2. The topological polar surface area (TPSA) is 99.6 Å². The van der Waals surface area contributed by atoms with E-state index in [9.17, 15) is 9.90 Å². The lowest BCUT2D eigenvalue weighted by atomic mass is 10.2. The number of anilines is 1. The minimum absolute atomic E-state index is 0.175. The van der Waals surface area contributed by atoms with Gasteiger partial charge in [-0.3, -0.25) is 9.69 Å². The number of nitrogens with one attached hydrogen (secondary N) is 2. The molecular formula is C19H29N5O3S. The third-order valence-electron chi connectivity index (χ3n) is 4.95. The first kappa shape index (κ1) is 20.9. The van der Waals surface area contributed by atoms with Crippen LogP contribution in [-0.4, -0.2) is 77.9 Å². The number of fused-ring (bicyclic) bond motifs is 1. The van der Waals surface area contributed by atoms with Crippen LogP contribution in [0.15, 0.2) is 6.33 Å². The van der Waals surface area contributed by atoms with Crippen molar-refractivity contribution in [1.82, 2.24) is 20.2 Å². The molecule has 3 rings (SSSR count). The van der Waals surface area contributed by atoms with E-state index in [2.05, 4.69) is 25.5 Å². The number of nitrogens with zero attached hydrogens (tertiary/aromatic N) is 3. The summed E-state index contributed by atoms with van der Waals surface area (Å²) in [6.45, 7) is 9.51. The Morgan fingerprint density at radius 1 is 1.39 bits per heavy atom. The Morgan fingerprint density at radius 2 is 2.18 bits per heavy atom. The van der Waals surface area contributed by atoms with E-state index >= 15 is 0 Å². The molecule has 2 aromatic heterocycles.